The predicted octanol–water partition coefficient (Wildman–Crippen LogP) is 4.11. The first-order valence-corrected chi connectivity index (χ1v) is 11.2. The van der Waals surface area contributed by atoms with Gasteiger partial charge in [-0.1, -0.05) is 25.0 Å². The molecule has 1 N–H and O–H groups in total. The van der Waals surface area contributed by atoms with E-state index < -0.39 is 15.8 Å². The van der Waals surface area contributed by atoms with Crippen LogP contribution in [-0.4, -0.2) is 23.7 Å². The van der Waals surface area contributed by atoms with Crippen molar-refractivity contribution in [3.63, 3.8) is 0 Å². The summed E-state index contributed by atoms with van der Waals surface area (Å²) in [5, 5.41) is 0.857. The van der Waals surface area contributed by atoms with E-state index in [0.717, 1.165) is 54.3 Å². The van der Waals surface area contributed by atoms with E-state index in [1.165, 1.54) is 16.4 Å². The lowest BCUT2D eigenvalue weighted by Gasteiger charge is -2.28. The molecule has 2 aromatic carbocycles. The summed E-state index contributed by atoms with van der Waals surface area (Å²) in [6, 6.07) is 12.2. The number of hydrogen-bond acceptors (Lipinski definition) is 3. The van der Waals surface area contributed by atoms with Gasteiger partial charge in [-0.3, -0.25) is 4.79 Å². The van der Waals surface area contributed by atoms with Gasteiger partial charge in [0.15, 0.2) is 0 Å². The Bertz CT molecular complexity index is 1200. The highest BCUT2D eigenvalue weighted by molar-refractivity contribution is 7.89. The first-order valence-electron chi connectivity index (χ1n) is 9.74. The number of nitrogens with zero attached hydrogens (tertiary/aromatic N) is 1. The molecule has 29 heavy (non-hydrogen) atoms. The van der Waals surface area contributed by atoms with Gasteiger partial charge in [-0.2, -0.15) is 4.31 Å². The smallest absolute Gasteiger partial charge is 0.252 e. The van der Waals surface area contributed by atoms with Gasteiger partial charge in [0.2, 0.25) is 10.0 Å². The molecule has 5 nitrogen and oxygen atoms in total. The van der Waals surface area contributed by atoms with Gasteiger partial charge in [0.05, 0.1) is 4.90 Å². The molecule has 0 radical (unpaired) electrons. The van der Waals surface area contributed by atoms with E-state index in [2.05, 4.69) is 4.98 Å². The molecule has 1 aliphatic carbocycles. The quantitative estimate of drug-likeness (QED) is 0.683. The van der Waals surface area contributed by atoms with Crippen LogP contribution in [0.4, 0.5) is 4.39 Å². The SMILES string of the molecule is Cc1ccc2cc(CN(C3CCCC3)S(=O)(=O)c3ccc(F)cc3)c(=O)[nH]c2c1. The normalized spacial score (nSPS) is 15.4. The van der Waals surface area contributed by atoms with Crippen LogP contribution < -0.4 is 5.56 Å². The Morgan fingerprint density at radius 1 is 1.07 bits per heavy atom. The van der Waals surface area contributed by atoms with Crippen molar-refractivity contribution in [3.05, 3.63) is 75.8 Å². The molecule has 0 unspecified atom stereocenters. The highest BCUT2D eigenvalue weighted by Crippen LogP contribution is 2.30. The lowest BCUT2D eigenvalue weighted by Crippen LogP contribution is -2.39. The standard InChI is InChI=1S/C22H23FN2O3S/c1-15-6-7-16-13-17(22(26)24-21(16)12-15)14-25(19-4-2-3-5-19)29(27,28)20-10-8-18(23)9-11-20/h6-13,19H,2-5,14H2,1H3,(H,24,26). The summed E-state index contributed by atoms with van der Waals surface area (Å²) in [6.45, 7) is 1.94. The van der Waals surface area contributed by atoms with Crippen molar-refractivity contribution >= 4 is 20.9 Å². The number of fused-ring (bicyclic) bond motifs is 1. The number of aryl methyl sites for hydroxylation is 1. The molecule has 0 spiro atoms. The van der Waals surface area contributed by atoms with Gasteiger partial charge >= 0.3 is 0 Å². The van der Waals surface area contributed by atoms with Crippen molar-refractivity contribution in [2.75, 3.05) is 0 Å². The van der Waals surface area contributed by atoms with Crippen molar-refractivity contribution < 1.29 is 12.8 Å². The second kappa shape index (κ2) is 7.72. The van der Waals surface area contributed by atoms with Crippen LogP contribution in [0.3, 0.4) is 0 Å². The minimum Gasteiger partial charge on any atom is -0.322 e. The van der Waals surface area contributed by atoms with Crippen molar-refractivity contribution in [2.24, 2.45) is 0 Å². The fraction of sp³-hybridized carbons (Fsp3) is 0.318. The molecule has 0 amide bonds. The van der Waals surface area contributed by atoms with Crippen LogP contribution in [0.5, 0.6) is 0 Å². The molecule has 0 aliphatic heterocycles. The average Bonchev–Trinajstić information content (AvgIpc) is 3.20. The Balaban J connectivity index is 1.76. The largest absolute Gasteiger partial charge is 0.322 e. The lowest BCUT2D eigenvalue weighted by molar-refractivity contribution is 0.315. The van der Waals surface area contributed by atoms with Gasteiger partial charge < -0.3 is 4.98 Å². The fourth-order valence-corrected chi connectivity index (χ4v) is 5.65. The Hall–Kier alpha value is -2.51. The van der Waals surface area contributed by atoms with Crippen molar-refractivity contribution in [3.8, 4) is 0 Å². The Morgan fingerprint density at radius 3 is 2.45 bits per heavy atom. The number of sulfonamides is 1. The molecular weight excluding hydrogens is 391 g/mol. The summed E-state index contributed by atoms with van der Waals surface area (Å²) in [7, 11) is -3.86. The lowest BCUT2D eigenvalue weighted by atomic mass is 10.1. The maximum absolute atomic E-state index is 13.3. The van der Waals surface area contributed by atoms with Crippen molar-refractivity contribution in [2.45, 2.75) is 50.1 Å². The van der Waals surface area contributed by atoms with Crippen molar-refractivity contribution in [1.82, 2.24) is 9.29 Å². The fourth-order valence-electron chi connectivity index (χ4n) is 3.99. The minimum atomic E-state index is -3.86. The van der Waals surface area contributed by atoms with E-state index in [9.17, 15) is 17.6 Å². The number of aromatic amines is 1. The molecule has 1 heterocycles. The van der Waals surface area contributed by atoms with E-state index in [4.69, 9.17) is 0 Å². The molecule has 1 aliphatic rings. The van der Waals surface area contributed by atoms with E-state index in [1.54, 1.807) is 6.07 Å². The summed E-state index contributed by atoms with van der Waals surface area (Å²) < 4.78 is 41.4. The number of rotatable bonds is 5. The zero-order valence-corrected chi connectivity index (χ0v) is 17.0. The van der Waals surface area contributed by atoms with E-state index in [-0.39, 0.29) is 23.0 Å². The number of pyridine rings is 1. The molecule has 1 fully saturated rings. The minimum absolute atomic E-state index is 0.0104. The van der Waals surface area contributed by atoms with Crippen LogP contribution in [0.2, 0.25) is 0 Å². The Morgan fingerprint density at radius 2 is 1.76 bits per heavy atom. The number of H-pyrrole nitrogens is 1. The van der Waals surface area contributed by atoms with E-state index in [1.807, 2.05) is 25.1 Å². The van der Waals surface area contributed by atoms with Crippen molar-refractivity contribution in [1.29, 1.82) is 0 Å². The maximum Gasteiger partial charge on any atom is 0.252 e. The van der Waals surface area contributed by atoms with Crippen LogP contribution in [0.25, 0.3) is 10.9 Å². The monoisotopic (exact) mass is 414 g/mol. The highest BCUT2D eigenvalue weighted by atomic mass is 32.2. The molecule has 0 saturated heterocycles. The predicted molar refractivity (Wildman–Crippen MR) is 111 cm³/mol. The van der Waals surface area contributed by atoms with Gasteiger partial charge in [-0.25, -0.2) is 12.8 Å². The van der Waals surface area contributed by atoms with E-state index in [0.29, 0.717) is 5.56 Å². The zero-order chi connectivity index (χ0) is 20.6. The third-order valence-electron chi connectivity index (χ3n) is 5.56. The summed E-state index contributed by atoms with van der Waals surface area (Å²) in [4.78, 5) is 15.6. The molecule has 1 saturated carbocycles. The van der Waals surface area contributed by atoms with Crippen LogP contribution in [0.1, 0.15) is 36.8 Å². The maximum atomic E-state index is 13.3. The molecule has 7 heteroatoms. The van der Waals surface area contributed by atoms with Gasteiger partial charge in [0.25, 0.3) is 5.56 Å². The van der Waals surface area contributed by atoms with Gasteiger partial charge in [-0.05, 0) is 67.1 Å². The first kappa shape index (κ1) is 19.8. The molecule has 4 rings (SSSR count). The molecular formula is C22H23FN2O3S. The van der Waals surface area contributed by atoms with Gasteiger partial charge in [0.1, 0.15) is 5.82 Å². The number of aromatic nitrogens is 1. The molecule has 0 atom stereocenters. The second-order valence-corrected chi connectivity index (χ2v) is 9.55. The summed E-state index contributed by atoms with van der Waals surface area (Å²) in [6.07, 6.45) is 3.41. The van der Waals surface area contributed by atoms with Crippen LogP contribution in [-0.2, 0) is 16.6 Å². The number of halogens is 1. The van der Waals surface area contributed by atoms with Gasteiger partial charge in [0, 0.05) is 23.7 Å². The van der Waals surface area contributed by atoms with E-state index >= 15 is 0 Å². The third kappa shape index (κ3) is 3.97. The third-order valence-corrected chi connectivity index (χ3v) is 7.47. The number of benzene rings is 2. The number of nitrogens with one attached hydrogen (secondary N) is 1. The molecule has 3 aromatic rings. The number of hydrogen-bond donors (Lipinski definition) is 1. The molecule has 152 valence electrons. The summed E-state index contributed by atoms with van der Waals surface area (Å²) in [5.74, 6) is -0.488. The zero-order valence-electron chi connectivity index (χ0n) is 16.2. The van der Waals surface area contributed by atoms with Crippen LogP contribution in [0, 0.1) is 12.7 Å². The topological polar surface area (TPSA) is 70.2 Å². The van der Waals surface area contributed by atoms with Crippen LogP contribution in [0.15, 0.2) is 58.2 Å². The Kier molecular flexibility index (Phi) is 5.27. The average molecular weight is 415 g/mol. The Labute approximate surface area is 169 Å². The molecule has 0 bridgehead atoms. The summed E-state index contributed by atoms with van der Waals surface area (Å²) >= 11 is 0. The second-order valence-electron chi connectivity index (χ2n) is 7.66. The first-order chi connectivity index (χ1) is 13.8. The highest BCUT2D eigenvalue weighted by Gasteiger charge is 2.34. The van der Waals surface area contributed by atoms with Crippen LogP contribution >= 0.6 is 0 Å². The van der Waals surface area contributed by atoms with Gasteiger partial charge in [-0.15, -0.1) is 0 Å². The summed E-state index contributed by atoms with van der Waals surface area (Å²) in [5.41, 5.74) is 1.87. The molecule has 1 aromatic heterocycles.